The molecule has 88 valence electrons. The van der Waals surface area contributed by atoms with E-state index in [4.69, 9.17) is 9.47 Å². The predicted molar refractivity (Wildman–Crippen MR) is 64.9 cm³/mol. The van der Waals surface area contributed by atoms with Crippen LogP contribution in [-0.4, -0.2) is 19.3 Å². The molecule has 0 amide bonds. The van der Waals surface area contributed by atoms with Crippen LogP contribution in [0.1, 0.15) is 24.5 Å². The average molecular weight is 287 g/mol. The van der Waals surface area contributed by atoms with E-state index in [1.165, 1.54) is 0 Å². The highest BCUT2D eigenvalue weighted by Crippen LogP contribution is 2.45. The maximum Gasteiger partial charge on any atom is 0.133 e. The predicted octanol–water partition coefficient (Wildman–Crippen LogP) is 2.91. The monoisotopic (exact) mass is 286 g/mol. The summed E-state index contributed by atoms with van der Waals surface area (Å²) < 4.78 is 11.3. The molecule has 1 aromatic carbocycles. The normalized spacial score (nSPS) is 17.0. The smallest absolute Gasteiger partial charge is 0.133 e. The highest BCUT2D eigenvalue weighted by Gasteiger charge is 2.33. The third-order valence-electron chi connectivity index (χ3n) is 2.89. The second-order valence-corrected chi connectivity index (χ2v) is 4.87. The van der Waals surface area contributed by atoms with Crippen molar-refractivity contribution < 1.29 is 14.6 Å². The van der Waals surface area contributed by atoms with Crippen LogP contribution in [0.2, 0.25) is 0 Å². The van der Waals surface area contributed by atoms with Crippen molar-refractivity contribution in [2.45, 2.75) is 18.9 Å². The van der Waals surface area contributed by atoms with Crippen LogP contribution in [0.15, 0.2) is 16.6 Å². The topological polar surface area (TPSA) is 38.7 Å². The molecule has 0 saturated heterocycles. The van der Waals surface area contributed by atoms with Crippen LogP contribution in [0.4, 0.5) is 0 Å². The van der Waals surface area contributed by atoms with Crippen LogP contribution < -0.4 is 9.47 Å². The zero-order valence-corrected chi connectivity index (χ0v) is 11.0. The lowest BCUT2D eigenvalue weighted by atomic mass is 10.0. The molecule has 1 aliphatic carbocycles. The van der Waals surface area contributed by atoms with Crippen LogP contribution in [-0.2, 0) is 0 Å². The number of halogens is 1. The van der Waals surface area contributed by atoms with Gasteiger partial charge in [-0.25, -0.2) is 0 Å². The molecule has 3 nitrogen and oxygen atoms in total. The summed E-state index contributed by atoms with van der Waals surface area (Å²) in [4.78, 5) is 0. The van der Waals surface area contributed by atoms with Gasteiger partial charge in [0.2, 0.25) is 0 Å². The number of benzene rings is 1. The van der Waals surface area contributed by atoms with E-state index in [9.17, 15) is 5.11 Å². The molecule has 1 unspecified atom stereocenters. The standard InChI is InChI=1S/C12H15BrO3/c1-15-10-6-9(13)11(16-2)5-8(10)12(14)7-3-4-7/h5-7,12,14H,3-4H2,1-2H3. The van der Waals surface area contributed by atoms with Crippen molar-refractivity contribution in [3.8, 4) is 11.5 Å². The number of ether oxygens (including phenoxy) is 2. The Hall–Kier alpha value is -0.740. The van der Waals surface area contributed by atoms with Gasteiger partial charge in [0.1, 0.15) is 11.5 Å². The fraction of sp³-hybridized carbons (Fsp3) is 0.500. The van der Waals surface area contributed by atoms with E-state index in [1.807, 2.05) is 12.1 Å². The minimum Gasteiger partial charge on any atom is -0.496 e. The van der Waals surface area contributed by atoms with E-state index in [2.05, 4.69) is 15.9 Å². The fourth-order valence-electron chi connectivity index (χ4n) is 1.78. The van der Waals surface area contributed by atoms with Gasteiger partial charge in [-0.05, 0) is 46.8 Å². The Morgan fingerprint density at radius 2 is 1.88 bits per heavy atom. The Labute approximate surface area is 104 Å². The van der Waals surface area contributed by atoms with Crippen LogP contribution in [0, 0.1) is 5.92 Å². The first-order chi connectivity index (χ1) is 7.67. The van der Waals surface area contributed by atoms with Crippen molar-refractivity contribution in [1.29, 1.82) is 0 Å². The van der Waals surface area contributed by atoms with E-state index < -0.39 is 6.10 Å². The lowest BCUT2D eigenvalue weighted by molar-refractivity contribution is 0.149. The third-order valence-corrected chi connectivity index (χ3v) is 3.51. The first kappa shape index (κ1) is 11.7. The number of hydrogen-bond acceptors (Lipinski definition) is 3. The van der Waals surface area contributed by atoms with Crippen molar-refractivity contribution >= 4 is 15.9 Å². The summed E-state index contributed by atoms with van der Waals surface area (Å²) in [6.45, 7) is 0. The molecule has 1 saturated carbocycles. The highest BCUT2D eigenvalue weighted by atomic mass is 79.9. The number of hydrogen-bond donors (Lipinski definition) is 1. The molecule has 0 radical (unpaired) electrons. The SMILES string of the molecule is COc1cc(C(O)C2CC2)c(OC)cc1Br. The molecule has 0 spiro atoms. The second-order valence-electron chi connectivity index (χ2n) is 4.01. The number of rotatable bonds is 4. The minimum absolute atomic E-state index is 0.375. The number of methoxy groups -OCH3 is 2. The third kappa shape index (κ3) is 2.18. The van der Waals surface area contributed by atoms with Gasteiger partial charge >= 0.3 is 0 Å². The molecule has 0 aliphatic heterocycles. The summed E-state index contributed by atoms with van der Waals surface area (Å²) >= 11 is 3.40. The molecule has 1 aromatic rings. The molecule has 1 fully saturated rings. The Kier molecular flexibility index (Phi) is 3.40. The van der Waals surface area contributed by atoms with Crippen LogP contribution in [0.5, 0.6) is 11.5 Å². The number of aliphatic hydroxyl groups is 1. The first-order valence-electron chi connectivity index (χ1n) is 5.27. The largest absolute Gasteiger partial charge is 0.496 e. The molecule has 16 heavy (non-hydrogen) atoms. The summed E-state index contributed by atoms with van der Waals surface area (Å²) in [5.74, 6) is 1.79. The minimum atomic E-state index is -0.447. The van der Waals surface area contributed by atoms with E-state index in [-0.39, 0.29) is 0 Å². The zero-order valence-electron chi connectivity index (χ0n) is 9.37. The summed E-state index contributed by atoms with van der Waals surface area (Å²) in [6.07, 6.45) is 1.72. The first-order valence-corrected chi connectivity index (χ1v) is 6.06. The summed E-state index contributed by atoms with van der Waals surface area (Å²) in [7, 11) is 3.22. The maximum atomic E-state index is 10.1. The van der Waals surface area contributed by atoms with Crippen LogP contribution in [0.25, 0.3) is 0 Å². The Morgan fingerprint density at radius 1 is 1.25 bits per heavy atom. The van der Waals surface area contributed by atoms with Gasteiger partial charge in [-0.2, -0.15) is 0 Å². The molecule has 0 bridgehead atoms. The fourth-order valence-corrected chi connectivity index (χ4v) is 2.27. The van der Waals surface area contributed by atoms with Crippen LogP contribution >= 0.6 is 15.9 Å². The highest BCUT2D eigenvalue weighted by molar-refractivity contribution is 9.10. The summed E-state index contributed by atoms with van der Waals surface area (Å²) in [5, 5.41) is 10.1. The van der Waals surface area contributed by atoms with Crippen molar-refractivity contribution in [1.82, 2.24) is 0 Å². The molecule has 0 aromatic heterocycles. The van der Waals surface area contributed by atoms with Gasteiger partial charge in [-0.15, -0.1) is 0 Å². The molecule has 2 rings (SSSR count). The summed E-state index contributed by atoms with van der Waals surface area (Å²) in [5.41, 5.74) is 0.810. The molecule has 4 heteroatoms. The van der Waals surface area contributed by atoms with Gasteiger partial charge in [-0.3, -0.25) is 0 Å². The molecular weight excluding hydrogens is 272 g/mol. The number of aliphatic hydroxyl groups excluding tert-OH is 1. The Bertz CT molecular complexity index is 388. The van der Waals surface area contributed by atoms with Crippen molar-refractivity contribution in [3.05, 3.63) is 22.2 Å². The Balaban J connectivity index is 2.39. The molecule has 1 atom stereocenters. The maximum absolute atomic E-state index is 10.1. The van der Waals surface area contributed by atoms with Gasteiger partial charge in [0.15, 0.2) is 0 Å². The lowest BCUT2D eigenvalue weighted by Crippen LogP contribution is -2.03. The van der Waals surface area contributed by atoms with Gasteiger partial charge < -0.3 is 14.6 Å². The van der Waals surface area contributed by atoms with Crippen molar-refractivity contribution in [2.75, 3.05) is 14.2 Å². The van der Waals surface area contributed by atoms with Gasteiger partial charge in [-0.1, -0.05) is 0 Å². The lowest BCUT2D eigenvalue weighted by Gasteiger charge is -2.16. The molecular formula is C12H15BrO3. The van der Waals surface area contributed by atoms with Gasteiger partial charge in [0, 0.05) is 5.56 Å². The quantitative estimate of drug-likeness (QED) is 0.925. The van der Waals surface area contributed by atoms with E-state index >= 15 is 0 Å². The van der Waals surface area contributed by atoms with Gasteiger partial charge in [0.05, 0.1) is 24.8 Å². The van der Waals surface area contributed by atoms with Crippen molar-refractivity contribution in [2.24, 2.45) is 5.92 Å². The zero-order chi connectivity index (χ0) is 11.7. The Morgan fingerprint density at radius 3 is 2.38 bits per heavy atom. The van der Waals surface area contributed by atoms with E-state index in [0.717, 1.165) is 28.6 Å². The molecule has 1 N–H and O–H groups in total. The van der Waals surface area contributed by atoms with E-state index in [1.54, 1.807) is 14.2 Å². The van der Waals surface area contributed by atoms with E-state index in [0.29, 0.717) is 11.7 Å². The average Bonchev–Trinajstić information content (AvgIpc) is 3.11. The van der Waals surface area contributed by atoms with Crippen molar-refractivity contribution in [3.63, 3.8) is 0 Å². The molecule has 1 aliphatic rings. The van der Waals surface area contributed by atoms with Crippen LogP contribution in [0.3, 0.4) is 0 Å². The van der Waals surface area contributed by atoms with Gasteiger partial charge in [0.25, 0.3) is 0 Å². The summed E-state index contributed by atoms with van der Waals surface area (Å²) in [6, 6.07) is 3.67. The second kappa shape index (κ2) is 4.63. The molecule has 0 heterocycles.